The smallest absolute Gasteiger partial charge is 0.260 e. The van der Waals surface area contributed by atoms with Gasteiger partial charge in [0.15, 0.2) is 6.10 Å². The summed E-state index contributed by atoms with van der Waals surface area (Å²) in [5.74, 6) is 1.25. The molecule has 4 nitrogen and oxygen atoms in total. The zero-order chi connectivity index (χ0) is 15.9. The van der Waals surface area contributed by atoms with Crippen LogP contribution in [-0.4, -0.2) is 49.8 Å². The van der Waals surface area contributed by atoms with Crippen LogP contribution in [0.1, 0.15) is 19.8 Å². The van der Waals surface area contributed by atoms with Gasteiger partial charge >= 0.3 is 0 Å². The van der Waals surface area contributed by atoms with E-state index in [0.717, 1.165) is 25.4 Å². The van der Waals surface area contributed by atoms with E-state index in [9.17, 15) is 4.79 Å². The normalized spacial score (nSPS) is 20.4. The van der Waals surface area contributed by atoms with Crippen molar-refractivity contribution in [3.63, 3.8) is 0 Å². The zero-order valence-electron chi connectivity index (χ0n) is 13.7. The van der Waals surface area contributed by atoms with Crippen LogP contribution < -0.4 is 10.1 Å². The molecule has 0 radical (unpaired) electrons. The van der Waals surface area contributed by atoms with Crippen LogP contribution in [-0.2, 0) is 4.79 Å². The van der Waals surface area contributed by atoms with Crippen LogP contribution in [0.15, 0.2) is 29.2 Å². The zero-order valence-corrected chi connectivity index (χ0v) is 14.5. The Balaban J connectivity index is 1.76. The number of hydrogen-bond acceptors (Lipinski definition) is 4. The van der Waals surface area contributed by atoms with Crippen molar-refractivity contribution in [3.05, 3.63) is 24.3 Å². The minimum Gasteiger partial charge on any atom is -0.481 e. The summed E-state index contributed by atoms with van der Waals surface area (Å²) in [7, 11) is 2.14. The van der Waals surface area contributed by atoms with Gasteiger partial charge in [-0.3, -0.25) is 4.79 Å². The molecule has 0 aromatic heterocycles. The van der Waals surface area contributed by atoms with Crippen molar-refractivity contribution in [1.82, 2.24) is 10.2 Å². The summed E-state index contributed by atoms with van der Waals surface area (Å²) in [6.07, 6.45) is 3.97. The van der Waals surface area contributed by atoms with Gasteiger partial charge in [-0.05, 0) is 69.8 Å². The standard InChI is InChI=1S/C17H26N2O2S/c1-13(21-15-6-8-16(22-3)9-7-15)17(20)18-11-14-5-4-10-19(2)12-14/h6-9,13-14H,4-5,10-12H2,1-3H3,(H,18,20)/t13-,14+/m1/s1. The molecule has 1 N–H and O–H groups in total. The van der Waals surface area contributed by atoms with Crippen LogP contribution in [0.4, 0.5) is 0 Å². The number of likely N-dealkylation sites (tertiary alicyclic amines) is 1. The molecule has 1 aliphatic rings. The van der Waals surface area contributed by atoms with Crippen molar-refractivity contribution in [2.24, 2.45) is 5.92 Å². The third-order valence-corrected chi connectivity index (χ3v) is 4.77. The van der Waals surface area contributed by atoms with Crippen LogP contribution in [0.2, 0.25) is 0 Å². The second-order valence-corrected chi connectivity index (χ2v) is 6.83. The van der Waals surface area contributed by atoms with E-state index in [1.807, 2.05) is 30.5 Å². The molecule has 122 valence electrons. The molecule has 0 saturated carbocycles. The van der Waals surface area contributed by atoms with E-state index in [0.29, 0.717) is 5.92 Å². The molecular weight excluding hydrogens is 296 g/mol. The number of carbonyl (C=O) groups excluding carboxylic acids is 1. The summed E-state index contributed by atoms with van der Waals surface area (Å²) in [4.78, 5) is 15.7. The van der Waals surface area contributed by atoms with Gasteiger partial charge in [0.1, 0.15) is 5.75 Å². The molecule has 1 heterocycles. The fourth-order valence-electron chi connectivity index (χ4n) is 2.74. The molecule has 0 spiro atoms. The Labute approximate surface area is 137 Å². The largest absolute Gasteiger partial charge is 0.481 e. The average Bonchev–Trinajstić information content (AvgIpc) is 2.53. The highest BCUT2D eigenvalue weighted by Gasteiger charge is 2.20. The Bertz CT molecular complexity index is 478. The number of nitrogens with one attached hydrogen (secondary N) is 1. The number of carbonyl (C=O) groups is 1. The lowest BCUT2D eigenvalue weighted by atomic mass is 9.98. The second kappa shape index (κ2) is 8.44. The number of thioether (sulfide) groups is 1. The first kappa shape index (κ1) is 17.2. The maximum absolute atomic E-state index is 12.1. The Hall–Kier alpha value is -1.20. The molecule has 1 saturated heterocycles. The van der Waals surface area contributed by atoms with Gasteiger partial charge in [-0.15, -0.1) is 11.8 Å². The van der Waals surface area contributed by atoms with E-state index >= 15 is 0 Å². The van der Waals surface area contributed by atoms with E-state index in [2.05, 4.69) is 17.3 Å². The molecule has 2 rings (SSSR count). The van der Waals surface area contributed by atoms with Gasteiger partial charge in [0, 0.05) is 18.0 Å². The van der Waals surface area contributed by atoms with Crippen LogP contribution in [0.25, 0.3) is 0 Å². The van der Waals surface area contributed by atoms with E-state index in [1.54, 1.807) is 18.7 Å². The first-order valence-corrected chi connectivity index (χ1v) is 9.08. The Morgan fingerprint density at radius 3 is 2.82 bits per heavy atom. The van der Waals surface area contributed by atoms with Gasteiger partial charge in [0.05, 0.1) is 0 Å². The topological polar surface area (TPSA) is 41.6 Å². The molecule has 22 heavy (non-hydrogen) atoms. The van der Waals surface area contributed by atoms with Gasteiger partial charge in [0.25, 0.3) is 5.91 Å². The predicted molar refractivity (Wildman–Crippen MR) is 91.5 cm³/mol. The second-order valence-electron chi connectivity index (χ2n) is 5.95. The highest BCUT2D eigenvalue weighted by molar-refractivity contribution is 7.98. The van der Waals surface area contributed by atoms with Crippen molar-refractivity contribution >= 4 is 17.7 Å². The van der Waals surface area contributed by atoms with Gasteiger partial charge in [0.2, 0.25) is 0 Å². The van der Waals surface area contributed by atoms with E-state index in [-0.39, 0.29) is 5.91 Å². The van der Waals surface area contributed by atoms with Gasteiger partial charge in [-0.1, -0.05) is 0 Å². The summed E-state index contributed by atoms with van der Waals surface area (Å²) in [6.45, 7) is 4.76. The summed E-state index contributed by atoms with van der Waals surface area (Å²) in [6, 6.07) is 7.82. The van der Waals surface area contributed by atoms with Crippen molar-refractivity contribution in [1.29, 1.82) is 0 Å². The fraction of sp³-hybridized carbons (Fsp3) is 0.588. The average molecular weight is 322 g/mol. The van der Waals surface area contributed by atoms with Crippen LogP contribution in [0.3, 0.4) is 0 Å². The Kier molecular flexibility index (Phi) is 6.58. The monoisotopic (exact) mass is 322 g/mol. The van der Waals surface area contributed by atoms with Crippen LogP contribution in [0, 0.1) is 5.92 Å². The molecule has 2 atom stereocenters. The molecule has 1 fully saturated rings. The molecule has 0 bridgehead atoms. The maximum atomic E-state index is 12.1. The summed E-state index contributed by atoms with van der Waals surface area (Å²) in [5, 5.41) is 3.02. The first-order chi connectivity index (χ1) is 10.6. The van der Waals surface area contributed by atoms with Gasteiger partial charge in [-0.2, -0.15) is 0 Å². The number of benzene rings is 1. The fourth-order valence-corrected chi connectivity index (χ4v) is 3.15. The lowest BCUT2D eigenvalue weighted by Crippen LogP contribution is -2.42. The Morgan fingerprint density at radius 1 is 1.45 bits per heavy atom. The third kappa shape index (κ3) is 5.21. The number of rotatable bonds is 6. The summed E-state index contributed by atoms with van der Waals surface area (Å²) in [5.41, 5.74) is 0. The minimum atomic E-state index is -0.471. The van der Waals surface area contributed by atoms with Gasteiger partial charge < -0.3 is 15.0 Å². The summed E-state index contributed by atoms with van der Waals surface area (Å²) < 4.78 is 5.70. The first-order valence-electron chi connectivity index (χ1n) is 7.85. The Morgan fingerprint density at radius 2 is 2.18 bits per heavy atom. The number of amides is 1. The highest BCUT2D eigenvalue weighted by Crippen LogP contribution is 2.20. The van der Waals surface area contributed by atoms with Crippen molar-refractivity contribution in [2.75, 3.05) is 32.9 Å². The molecule has 5 heteroatoms. The number of nitrogens with zero attached hydrogens (tertiary/aromatic N) is 1. The van der Waals surface area contributed by atoms with Crippen molar-refractivity contribution in [2.45, 2.75) is 30.8 Å². The molecule has 0 unspecified atom stereocenters. The lowest BCUT2D eigenvalue weighted by molar-refractivity contribution is -0.127. The molecule has 1 aliphatic heterocycles. The highest BCUT2D eigenvalue weighted by atomic mass is 32.2. The SMILES string of the molecule is CSc1ccc(O[C@H](C)C(=O)NC[C@@H]2CCCN(C)C2)cc1. The third-order valence-electron chi connectivity index (χ3n) is 4.03. The van der Waals surface area contributed by atoms with Crippen LogP contribution in [0.5, 0.6) is 5.75 Å². The van der Waals surface area contributed by atoms with E-state index in [4.69, 9.17) is 4.74 Å². The summed E-state index contributed by atoms with van der Waals surface area (Å²) >= 11 is 1.69. The predicted octanol–water partition coefficient (Wildman–Crippen LogP) is 2.63. The van der Waals surface area contributed by atoms with Crippen LogP contribution >= 0.6 is 11.8 Å². The van der Waals surface area contributed by atoms with Crippen molar-refractivity contribution in [3.8, 4) is 5.75 Å². The van der Waals surface area contributed by atoms with Gasteiger partial charge in [-0.25, -0.2) is 0 Å². The number of hydrogen-bond donors (Lipinski definition) is 1. The van der Waals surface area contributed by atoms with E-state index < -0.39 is 6.10 Å². The quantitative estimate of drug-likeness (QED) is 0.818. The molecule has 0 aliphatic carbocycles. The van der Waals surface area contributed by atoms with Crippen molar-refractivity contribution < 1.29 is 9.53 Å². The molecule has 1 aromatic rings. The number of piperidine rings is 1. The molecule has 1 aromatic carbocycles. The lowest BCUT2D eigenvalue weighted by Gasteiger charge is -2.30. The minimum absolute atomic E-state index is 0.0397. The van der Waals surface area contributed by atoms with E-state index in [1.165, 1.54) is 17.7 Å². The maximum Gasteiger partial charge on any atom is 0.260 e. The number of ether oxygens (including phenoxy) is 1. The molecular formula is C17H26N2O2S. The molecule has 1 amide bonds.